The molecule has 0 atom stereocenters. The highest BCUT2D eigenvalue weighted by Gasteiger charge is 2.17. The van der Waals surface area contributed by atoms with E-state index in [4.69, 9.17) is 14.2 Å². The van der Waals surface area contributed by atoms with Crippen LogP contribution in [0, 0.1) is 0 Å². The standard InChI is InChI=1S/C13H18O4/c1-5-6-17-12-8-10(15-3)7-11(16-4)13(12)9(2)14/h7-8H,5-6H2,1-4H3. The Morgan fingerprint density at radius 3 is 2.29 bits per heavy atom. The Bertz CT molecular complexity index is 399. The van der Waals surface area contributed by atoms with Crippen molar-refractivity contribution in [2.24, 2.45) is 0 Å². The average Bonchev–Trinajstić information content (AvgIpc) is 2.34. The molecule has 0 N–H and O–H groups in total. The van der Waals surface area contributed by atoms with Crippen LogP contribution < -0.4 is 14.2 Å². The van der Waals surface area contributed by atoms with Crippen LogP contribution in [0.1, 0.15) is 30.6 Å². The minimum Gasteiger partial charge on any atom is -0.496 e. The molecule has 1 aromatic carbocycles. The molecule has 0 saturated heterocycles. The van der Waals surface area contributed by atoms with E-state index in [0.717, 1.165) is 6.42 Å². The van der Waals surface area contributed by atoms with Crippen molar-refractivity contribution in [2.75, 3.05) is 20.8 Å². The van der Waals surface area contributed by atoms with Crippen molar-refractivity contribution in [3.05, 3.63) is 17.7 Å². The lowest BCUT2D eigenvalue weighted by molar-refractivity contribution is 0.101. The number of methoxy groups -OCH3 is 2. The Morgan fingerprint density at radius 2 is 1.82 bits per heavy atom. The van der Waals surface area contributed by atoms with E-state index in [1.165, 1.54) is 14.0 Å². The summed E-state index contributed by atoms with van der Waals surface area (Å²) in [6.07, 6.45) is 0.872. The molecular weight excluding hydrogens is 220 g/mol. The van der Waals surface area contributed by atoms with Crippen molar-refractivity contribution < 1.29 is 19.0 Å². The minimum absolute atomic E-state index is 0.0874. The second-order valence-corrected chi connectivity index (χ2v) is 3.61. The van der Waals surface area contributed by atoms with Gasteiger partial charge >= 0.3 is 0 Å². The molecule has 1 aromatic rings. The monoisotopic (exact) mass is 238 g/mol. The van der Waals surface area contributed by atoms with Gasteiger partial charge in [0.1, 0.15) is 22.8 Å². The number of benzene rings is 1. The number of carbonyl (C=O) groups is 1. The quantitative estimate of drug-likeness (QED) is 0.715. The Labute approximate surface area is 101 Å². The Kier molecular flexibility index (Phi) is 4.82. The van der Waals surface area contributed by atoms with E-state index < -0.39 is 0 Å². The van der Waals surface area contributed by atoms with Gasteiger partial charge in [-0.05, 0) is 13.3 Å². The average molecular weight is 238 g/mol. The fourth-order valence-corrected chi connectivity index (χ4v) is 1.52. The molecule has 0 aliphatic heterocycles. The summed E-state index contributed by atoms with van der Waals surface area (Å²) in [5.41, 5.74) is 0.460. The third kappa shape index (κ3) is 3.12. The van der Waals surface area contributed by atoms with E-state index in [-0.39, 0.29) is 5.78 Å². The molecule has 0 aromatic heterocycles. The molecule has 0 spiro atoms. The Hall–Kier alpha value is -1.71. The van der Waals surface area contributed by atoms with Crippen molar-refractivity contribution >= 4 is 5.78 Å². The first-order chi connectivity index (χ1) is 8.13. The number of ketones is 1. The third-order valence-corrected chi connectivity index (χ3v) is 2.31. The third-order valence-electron chi connectivity index (χ3n) is 2.31. The molecule has 17 heavy (non-hydrogen) atoms. The summed E-state index contributed by atoms with van der Waals surface area (Å²) >= 11 is 0. The van der Waals surface area contributed by atoms with Crippen molar-refractivity contribution in [3.8, 4) is 17.2 Å². The van der Waals surface area contributed by atoms with Crippen LogP contribution in [0.3, 0.4) is 0 Å². The van der Waals surface area contributed by atoms with Crippen LogP contribution in [-0.2, 0) is 0 Å². The summed E-state index contributed by atoms with van der Waals surface area (Å²) in [5, 5.41) is 0. The van der Waals surface area contributed by atoms with Crippen LogP contribution >= 0.6 is 0 Å². The van der Waals surface area contributed by atoms with Crippen LogP contribution in [0.15, 0.2) is 12.1 Å². The molecule has 4 heteroatoms. The number of Topliss-reactive ketones (excluding diaryl/α,β-unsaturated/α-hetero) is 1. The van der Waals surface area contributed by atoms with Crippen LogP contribution in [-0.4, -0.2) is 26.6 Å². The lowest BCUT2D eigenvalue weighted by Crippen LogP contribution is -2.05. The molecule has 0 amide bonds. The second kappa shape index (κ2) is 6.13. The molecule has 1 rings (SSSR count). The minimum atomic E-state index is -0.0874. The van der Waals surface area contributed by atoms with Gasteiger partial charge < -0.3 is 14.2 Å². The van der Waals surface area contributed by atoms with E-state index >= 15 is 0 Å². The summed E-state index contributed by atoms with van der Waals surface area (Å²) in [6.45, 7) is 4.05. The van der Waals surface area contributed by atoms with Gasteiger partial charge in [0.25, 0.3) is 0 Å². The Morgan fingerprint density at radius 1 is 1.18 bits per heavy atom. The van der Waals surface area contributed by atoms with E-state index in [2.05, 4.69) is 0 Å². The molecular formula is C13H18O4. The zero-order valence-corrected chi connectivity index (χ0v) is 10.7. The molecule has 0 saturated carbocycles. The molecule has 4 nitrogen and oxygen atoms in total. The largest absolute Gasteiger partial charge is 0.496 e. The molecule has 0 heterocycles. The van der Waals surface area contributed by atoms with Gasteiger partial charge in [-0.2, -0.15) is 0 Å². The smallest absolute Gasteiger partial charge is 0.167 e. The number of hydrogen-bond donors (Lipinski definition) is 0. The van der Waals surface area contributed by atoms with Crippen LogP contribution in [0.5, 0.6) is 17.2 Å². The topological polar surface area (TPSA) is 44.8 Å². The zero-order chi connectivity index (χ0) is 12.8. The number of rotatable bonds is 6. The lowest BCUT2D eigenvalue weighted by atomic mass is 10.1. The molecule has 0 aliphatic carbocycles. The van der Waals surface area contributed by atoms with Crippen molar-refractivity contribution in [1.29, 1.82) is 0 Å². The van der Waals surface area contributed by atoms with Gasteiger partial charge in [-0.15, -0.1) is 0 Å². The normalized spacial score (nSPS) is 9.88. The predicted molar refractivity (Wildman–Crippen MR) is 65.3 cm³/mol. The summed E-state index contributed by atoms with van der Waals surface area (Å²) in [5.74, 6) is 1.51. The van der Waals surface area contributed by atoms with E-state index in [9.17, 15) is 4.79 Å². The SMILES string of the molecule is CCCOc1cc(OC)cc(OC)c1C(C)=O. The molecule has 94 valence electrons. The second-order valence-electron chi connectivity index (χ2n) is 3.61. The first kappa shape index (κ1) is 13.4. The van der Waals surface area contributed by atoms with Gasteiger partial charge in [0, 0.05) is 12.1 Å². The molecule has 0 fully saturated rings. The van der Waals surface area contributed by atoms with Crippen LogP contribution in [0.4, 0.5) is 0 Å². The van der Waals surface area contributed by atoms with Crippen molar-refractivity contribution in [2.45, 2.75) is 20.3 Å². The molecule has 0 aliphatic rings. The summed E-state index contributed by atoms with van der Waals surface area (Å²) in [4.78, 5) is 11.6. The highest BCUT2D eigenvalue weighted by atomic mass is 16.5. The first-order valence-corrected chi connectivity index (χ1v) is 5.53. The van der Waals surface area contributed by atoms with E-state index in [0.29, 0.717) is 29.4 Å². The number of ether oxygens (including phenoxy) is 3. The molecule has 0 radical (unpaired) electrons. The van der Waals surface area contributed by atoms with Gasteiger partial charge in [-0.25, -0.2) is 0 Å². The summed E-state index contributed by atoms with van der Waals surface area (Å²) in [7, 11) is 3.08. The summed E-state index contributed by atoms with van der Waals surface area (Å²) in [6, 6.07) is 3.38. The van der Waals surface area contributed by atoms with Gasteiger partial charge in [0.2, 0.25) is 0 Å². The van der Waals surface area contributed by atoms with Crippen LogP contribution in [0.25, 0.3) is 0 Å². The van der Waals surface area contributed by atoms with Gasteiger partial charge in [-0.1, -0.05) is 6.92 Å². The highest BCUT2D eigenvalue weighted by Crippen LogP contribution is 2.34. The maximum absolute atomic E-state index is 11.6. The van der Waals surface area contributed by atoms with Crippen molar-refractivity contribution in [1.82, 2.24) is 0 Å². The highest BCUT2D eigenvalue weighted by molar-refractivity contribution is 6.00. The van der Waals surface area contributed by atoms with Crippen LogP contribution in [0.2, 0.25) is 0 Å². The zero-order valence-electron chi connectivity index (χ0n) is 10.7. The Balaban J connectivity index is 3.25. The van der Waals surface area contributed by atoms with Crippen molar-refractivity contribution in [3.63, 3.8) is 0 Å². The first-order valence-electron chi connectivity index (χ1n) is 5.53. The lowest BCUT2D eigenvalue weighted by Gasteiger charge is -2.14. The van der Waals surface area contributed by atoms with Gasteiger partial charge in [0.15, 0.2) is 5.78 Å². The molecule has 0 bridgehead atoms. The number of hydrogen-bond acceptors (Lipinski definition) is 4. The maximum Gasteiger partial charge on any atom is 0.167 e. The number of carbonyl (C=O) groups excluding carboxylic acids is 1. The summed E-state index contributed by atoms with van der Waals surface area (Å²) < 4.78 is 15.9. The van der Waals surface area contributed by atoms with E-state index in [1.54, 1.807) is 19.2 Å². The van der Waals surface area contributed by atoms with E-state index in [1.807, 2.05) is 6.92 Å². The fraction of sp³-hybridized carbons (Fsp3) is 0.462. The predicted octanol–water partition coefficient (Wildman–Crippen LogP) is 2.70. The van der Waals surface area contributed by atoms with Gasteiger partial charge in [-0.3, -0.25) is 4.79 Å². The molecule has 0 unspecified atom stereocenters. The van der Waals surface area contributed by atoms with Gasteiger partial charge in [0.05, 0.1) is 20.8 Å². The maximum atomic E-state index is 11.6. The fourth-order valence-electron chi connectivity index (χ4n) is 1.52.